The number of carbonyl (C=O) groups is 2. The second kappa shape index (κ2) is 10.5. The lowest BCUT2D eigenvalue weighted by Crippen LogP contribution is -2.18. The molecule has 0 aliphatic heterocycles. The van der Waals surface area contributed by atoms with E-state index in [1.54, 1.807) is 18.2 Å². The fourth-order valence-electron chi connectivity index (χ4n) is 3.20. The van der Waals surface area contributed by atoms with Crippen LogP contribution in [0.4, 0.5) is 0 Å². The van der Waals surface area contributed by atoms with Crippen LogP contribution in [0.1, 0.15) is 26.3 Å². The summed E-state index contributed by atoms with van der Waals surface area (Å²) in [5.41, 5.74) is 3.29. The Labute approximate surface area is 214 Å². The van der Waals surface area contributed by atoms with E-state index in [1.807, 2.05) is 30.3 Å². The number of fused-ring (bicyclic) bond motifs is 1. The van der Waals surface area contributed by atoms with Gasteiger partial charge in [-0.15, -0.1) is 0 Å². The predicted molar refractivity (Wildman–Crippen MR) is 137 cm³/mol. The number of benzene rings is 4. The molecular weight excluding hydrogens is 518 g/mol. The molecule has 0 aliphatic rings. The zero-order valence-corrected chi connectivity index (χ0v) is 20.2. The Balaban J connectivity index is 1.64. The fourth-order valence-corrected chi connectivity index (χ4v) is 4.18. The van der Waals surface area contributed by atoms with E-state index < -0.39 is 11.9 Å². The van der Waals surface area contributed by atoms with Crippen molar-refractivity contribution in [2.24, 2.45) is 5.10 Å². The maximum absolute atomic E-state index is 12.8. The van der Waals surface area contributed by atoms with Gasteiger partial charge in [-0.05, 0) is 53.2 Å². The van der Waals surface area contributed by atoms with Gasteiger partial charge in [-0.3, -0.25) is 4.79 Å². The lowest BCUT2D eigenvalue weighted by molar-refractivity contribution is 0.0734. The van der Waals surface area contributed by atoms with E-state index in [-0.39, 0.29) is 26.9 Å². The van der Waals surface area contributed by atoms with Crippen molar-refractivity contribution in [3.8, 4) is 5.75 Å². The molecule has 0 unspecified atom stereocenters. The van der Waals surface area contributed by atoms with Crippen LogP contribution in [0.25, 0.3) is 10.8 Å². The van der Waals surface area contributed by atoms with Crippen LogP contribution < -0.4 is 10.2 Å². The molecule has 9 heteroatoms. The van der Waals surface area contributed by atoms with Gasteiger partial charge in [-0.2, -0.15) is 5.10 Å². The molecule has 1 N–H and O–H groups in total. The van der Waals surface area contributed by atoms with Crippen molar-refractivity contribution in [3.63, 3.8) is 0 Å². The van der Waals surface area contributed by atoms with Crippen molar-refractivity contribution in [2.75, 3.05) is 0 Å². The summed E-state index contributed by atoms with van der Waals surface area (Å²) in [6.45, 7) is 0. The fraction of sp³-hybridized carbons (Fsp3) is 0. The lowest BCUT2D eigenvalue weighted by atomic mass is 10.0. The summed E-state index contributed by atoms with van der Waals surface area (Å²) < 4.78 is 5.63. The van der Waals surface area contributed by atoms with Crippen LogP contribution in [-0.4, -0.2) is 18.1 Å². The Kier molecular flexibility index (Phi) is 7.39. The van der Waals surface area contributed by atoms with Gasteiger partial charge in [0.15, 0.2) is 0 Å². The van der Waals surface area contributed by atoms with Gasteiger partial charge in [0.05, 0.1) is 27.4 Å². The Morgan fingerprint density at radius 2 is 1.44 bits per heavy atom. The molecule has 1 amide bonds. The summed E-state index contributed by atoms with van der Waals surface area (Å²) in [5, 5.41) is 6.87. The maximum atomic E-state index is 12.8. The Morgan fingerprint density at radius 3 is 2.12 bits per heavy atom. The highest BCUT2D eigenvalue weighted by Gasteiger charge is 2.17. The largest absolute Gasteiger partial charge is 0.422 e. The van der Waals surface area contributed by atoms with E-state index in [2.05, 4.69) is 10.5 Å². The molecule has 0 atom stereocenters. The molecule has 5 nitrogen and oxygen atoms in total. The van der Waals surface area contributed by atoms with E-state index >= 15 is 0 Å². The first-order valence-corrected chi connectivity index (χ1v) is 11.3. The summed E-state index contributed by atoms with van der Waals surface area (Å²) in [4.78, 5) is 25.3. The van der Waals surface area contributed by atoms with Crippen LogP contribution in [0.3, 0.4) is 0 Å². The number of halogens is 4. The number of nitrogens with one attached hydrogen (secondary N) is 1. The van der Waals surface area contributed by atoms with Crippen LogP contribution in [-0.2, 0) is 0 Å². The minimum Gasteiger partial charge on any atom is -0.422 e. The van der Waals surface area contributed by atoms with Crippen LogP contribution in [0.15, 0.2) is 77.9 Å². The summed E-state index contributed by atoms with van der Waals surface area (Å²) in [7, 11) is 0. The van der Waals surface area contributed by atoms with Gasteiger partial charge in [0.2, 0.25) is 0 Å². The second-order valence-corrected chi connectivity index (χ2v) is 8.72. The molecule has 0 bridgehead atoms. The topological polar surface area (TPSA) is 67.8 Å². The standard InChI is InChI=1S/C25H14Cl4N2O3/c26-15-6-8-18(21(28)11-15)24(32)31-30-13-20-17-4-2-1-3-14(17)5-10-23(20)34-25(33)19-9-7-16(27)12-22(19)29/h1-13H,(H,31,32). The number of rotatable bonds is 5. The minimum atomic E-state index is -0.663. The molecule has 0 saturated heterocycles. The van der Waals surface area contributed by atoms with Gasteiger partial charge >= 0.3 is 5.97 Å². The zero-order chi connectivity index (χ0) is 24.2. The van der Waals surface area contributed by atoms with E-state index in [4.69, 9.17) is 51.1 Å². The van der Waals surface area contributed by atoms with E-state index in [0.717, 1.165) is 10.8 Å². The average Bonchev–Trinajstić information content (AvgIpc) is 2.80. The van der Waals surface area contributed by atoms with E-state index in [9.17, 15) is 9.59 Å². The zero-order valence-electron chi connectivity index (χ0n) is 17.2. The van der Waals surface area contributed by atoms with Crippen LogP contribution >= 0.6 is 46.4 Å². The number of hydrazone groups is 1. The highest BCUT2D eigenvalue weighted by molar-refractivity contribution is 6.37. The summed E-state index contributed by atoms with van der Waals surface area (Å²) in [5.74, 6) is -0.953. The molecule has 170 valence electrons. The van der Waals surface area contributed by atoms with Crippen molar-refractivity contribution < 1.29 is 14.3 Å². The van der Waals surface area contributed by atoms with Crippen molar-refractivity contribution in [3.05, 3.63) is 110 Å². The lowest BCUT2D eigenvalue weighted by Gasteiger charge is -2.11. The predicted octanol–water partition coefficient (Wildman–Crippen LogP) is 7.44. The quantitative estimate of drug-likeness (QED) is 0.126. The molecule has 4 aromatic carbocycles. The molecule has 0 spiro atoms. The first kappa shape index (κ1) is 24.0. The molecule has 4 rings (SSSR count). The molecule has 0 aliphatic carbocycles. The number of nitrogens with zero attached hydrogens (tertiary/aromatic N) is 1. The van der Waals surface area contributed by atoms with Crippen LogP contribution in [0.2, 0.25) is 20.1 Å². The Bertz CT molecular complexity index is 1450. The number of esters is 1. The van der Waals surface area contributed by atoms with E-state index in [1.165, 1.54) is 30.5 Å². The number of hydrogen-bond acceptors (Lipinski definition) is 4. The van der Waals surface area contributed by atoms with Crippen molar-refractivity contribution >= 4 is 75.3 Å². The first-order chi connectivity index (χ1) is 16.3. The molecule has 34 heavy (non-hydrogen) atoms. The minimum absolute atomic E-state index is 0.160. The van der Waals surface area contributed by atoms with Gasteiger partial charge in [0.1, 0.15) is 5.75 Å². The molecule has 0 saturated carbocycles. The van der Waals surface area contributed by atoms with Gasteiger partial charge in [-0.1, -0.05) is 76.7 Å². The summed E-state index contributed by atoms with van der Waals surface area (Å²) in [6.07, 6.45) is 1.40. The monoisotopic (exact) mass is 530 g/mol. The van der Waals surface area contributed by atoms with Crippen LogP contribution in [0.5, 0.6) is 5.75 Å². The maximum Gasteiger partial charge on any atom is 0.345 e. The second-order valence-electron chi connectivity index (χ2n) is 7.04. The molecule has 0 fully saturated rings. The van der Waals surface area contributed by atoms with Gasteiger partial charge < -0.3 is 4.74 Å². The third kappa shape index (κ3) is 5.34. The number of ether oxygens (including phenoxy) is 1. The smallest absolute Gasteiger partial charge is 0.345 e. The van der Waals surface area contributed by atoms with Gasteiger partial charge in [-0.25, -0.2) is 10.2 Å². The van der Waals surface area contributed by atoms with Gasteiger partial charge in [0, 0.05) is 15.6 Å². The SMILES string of the molecule is O=C(NN=Cc1c(OC(=O)c2ccc(Cl)cc2Cl)ccc2ccccc12)c1ccc(Cl)cc1Cl. The average molecular weight is 532 g/mol. The summed E-state index contributed by atoms with van der Waals surface area (Å²) >= 11 is 24.0. The third-order valence-electron chi connectivity index (χ3n) is 4.82. The summed E-state index contributed by atoms with van der Waals surface area (Å²) in [6, 6.07) is 19.9. The van der Waals surface area contributed by atoms with Gasteiger partial charge in [0.25, 0.3) is 5.91 Å². The van der Waals surface area contributed by atoms with Crippen molar-refractivity contribution in [1.29, 1.82) is 0 Å². The molecule has 4 aromatic rings. The Morgan fingerprint density at radius 1 is 0.794 bits per heavy atom. The molecule has 0 heterocycles. The normalized spacial score (nSPS) is 11.1. The van der Waals surface area contributed by atoms with Crippen molar-refractivity contribution in [1.82, 2.24) is 5.43 Å². The van der Waals surface area contributed by atoms with E-state index in [0.29, 0.717) is 15.6 Å². The van der Waals surface area contributed by atoms with Crippen LogP contribution in [0, 0.1) is 0 Å². The molecule has 0 radical (unpaired) electrons. The third-order valence-corrected chi connectivity index (χ3v) is 5.92. The number of carbonyl (C=O) groups excluding carboxylic acids is 2. The number of hydrogen-bond donors (Lipinski definition) is 1. The highest BCUT2D eigenvalue weighted by Crippen LogP contribution is 2.29. The first-order valence-electron chi connectivity index (χ1n) is 9.81. The Hall–Kier alpha value is -3.09. The highest BCUT2D eigenvalue weighted by atomic mass is 35.5. The molecule has 0 aromatic heterocycles. The van der Waals surface area contributed by atoms with Crippen molar-refractivity contribution in [2.45, 2.75) is 0 Å². The molecular formula is C25H14Cl4N2O3. The number of amides is 1.